The Kier molecular flexibility index (Phi) is 17.1. The molecule has 0 heterocycles. The fourth-order valence-electron chi connectivity index (χ4n) is 7.64. The molecule has 0 unspecified atom stereocenters. The van der Waals surface area contributed by atoms with Gasteiger partial charge in [0, 0.05) is 40.9 Å². The van der Waals surface area contributed by atoms with Crippen LogP contribution in [0.3, 0.4) is 0 Å². The lowest BCUT2D eigenvalue weighted by molar-refractivity contribution is -0.149. The van der Waals surface area contributed by atoms with Crippen LogP contribution in [-0.4, -0.2) is 44.2 Å². The van der Waals surface area contributed by atoms with Crippen molar-refractivity contribution in [3.05, 3.63) is 46.5 Å². The summed E-state index contributed by atoms with van der Waals surface area (Å²) in [5, 5.41) is 45.3. The highest BCUT2D eigenvalue weighted by atomic mass is 35.5. The van der Waals surface area contributed by atoms with Crippen LogP contribution in [0.1, 0.15) is 157 Å². The van der Waals surface area contributed by atoms with Gasteiger partial charge in [-0.25, -0.2) is 4.79 Å². The smallest absolute Gasteiger partial charge is 0.405 e. The number of unbranched alkanes of at least 4 members (excludes halogenated alkanes) is 2. The normalized spacial score (nSPS) is 23.9. The molecule has 50 heavy (non-hydrogen) atoms. The molecule has 0 fully saturated rings. The van der Waals surface area contributed by atoms with E-state index in [1.54, 1.807) is 24.3 Å². The number of phenolic OH excluding ortho intramolecular Hbond substituents is 4. The zero-order chi connectivity index (χ0) is 36.8. The zero-order valence-electron chi connectivity index (χ0n) is 29.8. The summed E-state index contributed by atoms with van der Waals surface area (Å²) >= 11 is 12.0. The van der Waals surface area contributed by atoms with Gasteiger partial charge in [0.15, 0.2) is 0 Å². The minimum atomic E-state index is -0.941. The number of benzene rings is 2. The summed E-state index contributed by atoms with van der Waals surface area (Å²) in [4.78, 5) is 24.2. The third kappa shape index (κ3) is 12.0. The van der Waals surface area contributed by atoms with Crippen LogP contribution < -0.4 is 5.73 Å². The van der Waals surface area contributed by atoms with E-state index in [0.717, 1.165) is 57.8 Å². The number of amides is 1. The number of alkyl halides is 2. The molecule has 0 aliphatic heterocycles. The number of rotatable bonds is 10. The molecule has 4 aliphatic carbocycles. The van der Waals surface area contributed by atoms with Crippen LogP contribution >= 0.6 is 23.2 Å². The van der Waals surface area contributed by atoms with Crippen molar-refractivity contribution in [3.63, 3.8) is 0 Å². The first-order chi connectivity index (χ1) is 23.9. The second-order valence-electron chi connectivity index (χ2n) is 14.1. The largest absolute Gasteiger partial charge is 0.508 e. The van der Waals surface area contributed by atoms with Gasteiger partial charge in [0.2, 0.25) is 0 Å². The molecule has 0 saturated heterocycles. The molecule has 0 aromatic heterocycles. The van der Waals surface area contributed by atoms with Gasteiger partial charge in [-0.3, -0.25) is 4.79 Å². The lowest BCUT2D eigenvalue weighted by atomic mass is 9.83. The summed E-state index contributed by atoms with van der Waals surface area (Å²) in [5.41, 5.74) is 7.44. The van der Waals surface area contributed by atoms with Crippen molar-refractivity contribution in [2.24, 2.45) is 17.6 Å². The number of nitrogens with two attached hydrogens (primary N) is 1. The molecule has 0 spiro atoms. The summed E-state index contributed by atoms with van der Waals surface area (Å²) < 4.78 is 11.3. The van der Waals surface area contributed by atoms with Crippen LogP contribution in [0.4, 0.5) is 4.79 Å². The first-order valence-corrected chi connectivity index (χ1v) is 19.3. The van der Waals surface area contributed by atoms with Gasteiger partial charge in [-0.1, -0.05) is 52.4 Å². The number of aromatic hydroxyl groups is 4. The summed E-state index contributed by atoms with van der Waals surface area (Å²) in [5.74, 6) is -0.144. The third-order valence-electron chi connectivity index (χ3n) is 10.2. The molecule has 0 radical (unpaired) electrons. The highest BCUT2D eigenvalue weighted by Gasteiger charge is 2.30. The molecule has 6 atom stereocenters. The van der Waals surface area contributed by atoms with E-state index in [2.05, 4.69) is 0 Å². The molecular formula is C39H57Cl2NO8. The van der Waals surface area contributed by atoms with Crippen molar-refractivity contribution in [2.75, 3.05) is 11.8 Å². The highest BCUT2D eigenvalue weighted by Crippen LogP contribution is 2.46. The maximum absolute atomic E-state index is 12.2. The quantitative estimate of drug-likeness (QED) is 0.0915. The minimum Gasteiger partial charge on any atom is -0.508 e. The molecular weight excluding hydrogens is 681 g/mol. The number of hydrogen-bond acceptors (Lipinski definition) is 8. The van der Waals surface area contributed by atoms with Crippen molar-refractivity contribution in [3.8, 4) is 23.0 Å². The van der Waals surface area contributed by atoms with Crippen molar-refractivity contribution in [2.45, 2.75) is 135 Å². The summed E-state index contributed by atoms with van der Waals surface area (Å²) in [6, 6.07) is 6.39. The van der Waals surface area contributed by atoms with E-state index < -0.39 is 24.3 Å². The average Bonchev–Trinajstić information content (AvgIpc) is 3.04. The highest BCUT2D eigenvalue weighted by molar-refractivity contribution is 6.18. The monoisotopic (exact) mass is 737 g/mol. The summed E-state index contributed by atoms with van der Waals surface area (Å²) in [6.45, 7) is 5.29. The van der Waals surface area contributed by atoms with Gasteiger partial charge < -0.3 is 35.6 Å². The molecule has 4 aliphatic rings. The number of ether oxygens (including phenoxy) is 2. The van der Waals surface area contributed by atoms with E-state index in [1.165, 1.54) is 6.92 Å². The fraction of sp³-hybridized carbons (Fsp3) is 0.641. The fourth-order valence-corrected chi connectivity index (χ4v) is 8.01. The van der Waals surface area contributed by atoms with Crippen LogP contribution in [0.5, 0.6) is 23.0 Å². The van der Waals surface area contributed by atoms with Crippen molar-refractivity contribution < 1.29 is 39.5 Å². The Morgan fingerprint density at radius 2 is 1.02 bits per heavy atom. The Labute approximate surface area is 307 Å². The number of esters is 1. The lowest BCUT2D eigenvalue weighted by Crippen LogP contribution is -2.22. The Morgan fingerprint density at radius 3 is 1.36 bits per heavy atom. The van der Waals surface area contributed by atoms with Crippen LogP contribution in [0.2, 0.25) is 0 Å². The van der Waals surface area contributed by atoms with Crippen LogP contribution in [0.15, 0.2) is 24.3 Å². The molecule has 9 nitrogen and oxygen atoms in total. The van der Waals surface area contributed by atoms with Crippen molar-refractivity contribution in [1.82, 2.24) is 0 Å². The summed E-state index contributed by atoms with van der Waals surface area (Å²) in [6.07, 6.45) is 8.06. The molecule has 11 heteroatoms. The van der Waals surface area contributed by atoms with E-state index in [4.69, 9.17) is 38.4 Å². The number of carbonyl (C=O) groups is 2. The molecule has 280 valence electrons. The molecule has 1 amide bonds. The second kappa shape index (κ2) is 20.7. The Morgan fingerprint density at radius 1 is 0.660 bits per heavy atom. The third-order valence-corrected chi connectivity index (χ3v) is 10.7. The van der Waals surface area contributed by atoms with E-state index in [-0.39, 0.29) is 46.7 Å². The van der Waals surface area contributed by atoms with E-state index in [1.807, 2.05) is 13.8 Å². The first-order valence-electron chi connectivity index (χ1n) is 18.2. The van der Waals surface area contributed by atoms with Crippen LogP contribution in [0, 0.1) is 11.8 Å². The van der Waals surface area contributed by atoms with Gasteiger partial charge >= 0.3 is 12.1 Å². The molecule has 0 saturated carbocycles. The van der Waals surface area contributed by atoms with Gasteiger partial charge in [0.25, 0.3) is 0 Å². The predicted molar refractivity (Wildman–Crippen MR) is 197 cm³/mol. The Hall–Kier alpha value is -3.04. The topological polar surface area (TPSA) is 160 Å². The SMILES string of the molecule is CC(=O)O[C@H]1c2cc(O)c(c(O)c2)[C@@H](CCCCCl)CCCC[C@H](C)[C@@H](OC(N)=O)c2cc(O)c(c(O)c2)[C@@H](CCCCCl)CCCC[C@@H]1C. The lowest BCUT2D eigenvalue weighted by Gasteiger charge is -2.28. The number of carbonyl (C=O) groups excluding carboxylic acids is 2. The first kappa shape index (κ1) is 41.4. The standard InChI is InChI=1S/C39H57Cl2NO8/c1-24-12-4-6-14-28(17-9-11-19-41)36-33(46)22-30(23-34(36)47)38(50-39(42)48)25(2)13-5-7-15-27(16-8-10-18-40)35-31(44)20-29(21-32(35)45)37(24)49-26(3)43/h20-25,27-28,37-38,44-47H,4-19H2,1-3H3,(H2,42,48)/t24-,25-,27+,28+,37+,38+/m0/s1. The number of hydrogen-bond donors (Lipinski definition) is 5. The number of phenols is 4. The Balaban J connectivity index is 2.04. The number of primary amides is 1. The number of halogens is 2. The van der Waals surface area contributed by atoms with E-state index in [0.29, 0.717) is 66.1 Å². The van der Waals surface area contributed by atoms with E-state index >= 15 is 0 Å². The van der Waals surface area contributed by atoms with Gasteiger partial charge in [0.05, 0.1) is 0 Å². The van der Waals surface area contributed by atoms with Crippen molar-refractivity contribution >= 4 is 35.3 Å². The van der Waals surface area contributed by atoms with Crippen molar-refractivity contribution in [1.29, 1.82) is 0 Å². The van der Waals surface area contributed by atoms with Gasteiger partial charge in [-0.15, -0.1) is 23.2 Å². The maximum Gasteiger partial charge on any atom is 0.405 e. The molecule has 2 aromatic rings. The molecule has 6 N–H and O–H groups in total. The average molecular weight is 739 g/mol. The molecule has 4 bridgehead atoms. The Bertz CT molecular complexity index is 1240. The molecule has 6 rings (SSSR count). The molecule has 2 aromatic carbocycles. The summed E-state index contributed by atoms with van der Waals surface area (Å²) in [7, 11) is 0. The van der Waals surface area contributed by atoms with E-state index in [9.17, 15) is 30.0 Å². The van der Waals surface area contributed by atoms with Crippen LogP contribution in [-0.2, 0) is 14.3 Å². The van der Waals surface area contributed by atoms with Gasteiger partial charge in [-0.05, 0) is 99.3 Å². The zero-order valence-corrected chi connectivity index (χ0v) is 31.4. The van der Waals surface area contributed by atoms with Gasteiger partial charge in [-0.2, -0.15) is 0 Å². The maximum atomic E-state index is 12.2. The predicted octanol–water partition coefficient (Wildman–Crippen LogP) is 10.3. The van der Waals surface area contributed by atoms with Crippen LogP contribution in [0.25, 0.3) is 0 Å². The van der Waals surface area contributed by atoms with Gasteiger partial charge in [0.1, 0.15) is 35.2 Å². The minimum absolute atomic E-state index is 0.0203. The second-order valence-corrected chi connectivity index (χ2v) is 14.9.